The zero-order valence-electron chi connectivity index (χ0n) is 18.2. The van der Waals surface area contributed by atoms with Crippen molar-refractivity contribution in [2.45, 2.75) is 25.5 Å². The number of carbonyl (C=O) groups is 2. The van der Waals surface area contributed by atoms with Gasteiger partial charge in [-0.3, -0.25) is 14.6 Å². The average molecular weight is 459 g/mol. The Morgan fingerprint density at radius 3 is 2.85 bits per heavy atom. The van der Waals surface area contributed by atoms with E-state index in [1.165, 1.54) is 12.1 Å². The van der Waals surface area contributed by atoms with Crippen molar-refractivity contribution in [2.75, 3.05) is 11.9 Å². The number of amides is 1. The average Bonchev–Trinajstić information content (AvgIpc) is 3.38. The predicted octanol–water partition coefficient (Wildman–Crippen LogP) is 3.40. The zero-order chi connectivity index (χ0) is 23.7. The molecule has 0 spiro atoms. The highest BCUT2D eigenvalue weighted by Gasteiger charge is 2.32. The summed E-state index contributed by atoms with van der Waals surface area (Å²) < 4.78 is 19.7. The van der Waals surface area contributed by atoms with Crippen molar-refractivity contribution in [1.29, 1.82) is 0 Å². The molecular weight excluding hydrogens is 437 g/mol. The fourth-order valence-corrected chi connectivity index (χ4v) is 4.31. The Kier molecular flexibility index (Phi) is 5.81. The smallest absolute Gasteiger partial charge is 0.321 e. The molecule has 2 aromatic carbocycles. The number of carboxylic acid groups (broad SMARTS) is 1. The van der Waals surface area contributed by atoms with Gasteiger partial charge in [0, 0.05) is 40.7 Å². The number of carbonyl (C=O) groups excluding carboxylic acids is 1. The quantitative estimate of drug-likeness (QED) is 0.469. The van der Waals surface area contributed by atoms with Gasteiger partial charge in [0.15, 0.2) is 0 Å². The van der Waals surface area contributed by atoms with Gasteiger partial charge in [0.25, 0.3) is 5.91 Å². The van der Waals surface area contributed by atoms with E-state index < -0.39 is 17.8 Å². The maximum Gasteiger partial charge on any atom is 0.321 e. The molecule has 0 fully saturated rings. The van der Waals surface area contributed by atoms with Gasteiger partial charge in [0.1, 0.15) is 24.2 Å². The standard InChI is InChI=1S/C26H22FN3O4/c27-17-5-7-21-20(12-17)23(25(31)30-21)24-19-6-4-15(11-16(19)14-34-24)8-10-29-22(26(32)33)13-18-3-1-2-9-28-18/h1-7,9,11-12,22,29H,8,10,13-14H2,(H,30,31)(H,32,33)/b24-23+. The lowest BCUT2D eigenvalue weighted by molar-refractivity contribution is -0.139. The van der Waals surface area contributed by atoms with E-state index in [-0.39, 0.29) is 5.91 Å². The molecule has 0 radical (unpaired) electrons. The molecule has 2 aliphatic rings. The van der Waals surface area contributed by atoms with Gasteiger partial charge in [-0.1, -0.05) is 24.3 Å². The van der Waals surface area contributed by atoms with Crippen LogP contribution in [-0.2, 0) is 33.8 Å². The number of benzene rings is 2. The van der Waals surface area contributed by atoms with E-state index in [9.17, 15) is 19.1 Å². The van der Waals surface area contributed by atoms with E-state index in [4.69, 9.17) is 4.74 Å². The van der Waals surface area contributed by atoms with Crippen LogP contribution in [0.25, 0.3) is 11.3 Å². The summed E-state index contributed by atoms with van der Waals surface area (Å²) in [5, 5.41) is 15.4. The monoisotopic (exact) mass is 459 g/mol. The van der Waals surface area contributed by atoms with Crippen molar-refractivity contribution in [3.05, 3.63) is 94.6 Å². The number of halogens is 1. The minimum Gasteiger partial charge on any atom is -0.487 e. The molecule has 34 heavy (non-hydrogen) atoms. The van der Waals surface area contributed by atoms with Gasteiger partial charge < -0.3 is 20.5 Å². The van der Waals surface area contributed by atoms with Crippen LogP contribution < -0.4 is 10.6 Å². The molecule has 8 heteroatoms. The largest absolute Gasteiger partial charge is 0.487 e. The van der Waals surface area contributed by atoms with Crippen LogP contribution >= 0.6 is 0 Å². The maximum atomic E-state index is 13.8. The lowest BCUT2D eigenvalue weighted by atomic mass is 9.98. The third kappa shape index (κ3) is 4.27. The summed E-state index contributed by atoms with van der Waals surface area (Å²) in [5.74, 6) is -1.21. The minimum absolute atomic E-state index is 0.301. The van der Waals surface area contributed by atoms with E-state index >= 15 is 0 Å². The van der Waals surface area contributed by atoms with Crippen LogP contribution in [-0.4, -0.2) is 34.6 Å². The number of ether oxygens (including phenoxy) is 1. The summed E-state index contributed by atoms with van der Waals surface area (Å²) in [5.41, 5.74) is 4.86. The second-order valence-electron chi connectivity index (χ2n) is 8.25. The van der Waals surface area contributed by atoms with E-state index in [0.717, 1.165) is 22.4 Å². The van der Waals surface area contributed by atoms with Crippen LogP contribution in [0, 0.1) is 5.82 Å². The number of pyridine rings is 1. The molecule has 1 unspecified atom stereocenters. The van der Waals surface area contributed by atoms with Crippen molar-refractivity contribution >= 4 is 28.9 Å². The molecule has 7 nitrogen and oxygen atoms in total. The number of carboxylic acids is 1. The number of aromatic nitrogens is 1. The molecule has 0 aliphatic carbocycles. The molecule has 0 saturated heterocycles. The lowest BCUT2D eigenvalue weighted by Crippen LogP contribution is -2.39. The van der Waals surface area contributed by atoms with Gasteiger partial charge >= 0.3 is 5.97 Å². The minimum atomic E-state index is -0.921. The first-order chi connectivity index (χ1) is 16.5. The molecule has 0 saturated carbocycles. The van der Waals surface area contributed by atoms with E-state index in [2.05, 4.69) is 15.6 Å². The van der Waals surface area contributed by atoms with E-state index in [1.807, 2.05) is 30.3 Å². The molecule has 2 aliphatic heterocycles. The van der Waals surface area contributed by atoms with Crippen molar-refractivity contribution in [3.63, 3.8) is 0 Å². The number of aliphatic carboxylic acids is 1. The maximum absolute atomic E-state index is 13.8. The van der Waals surface area contributed by atoms with Crippen LogP contribution in [0.2, 0.25) is 0 Å². The van der Waals surface area contributed by atoms with Gasteiger partial charge in [-0.05, 0) is 48.9 Å². The second kappa shape index (κ2) is 9.07. The first-order valence-electron chi connectivity index (χ1n) is 11.0. The highest BCUT2D eigenvalue weighted by molar-refractivity contribution is 6.36. The molecule has 3 aromatic rings. The highest BCUT2D eigenvalue weighted by Crippen LogP contribution is 2.41. The van der Waals surface area contributed by atoms with E-state index in [1.54, 1.807) is 18.3 Å². The van der Waals surface area contributed by atoms with Crippen LogP contribution in [0.1, 0.15) is 27.9 Å². The number of anilines is 1. The second-order valence-corrected chi connectivity index (χ2v) is 8.25. The lowest BCUT2D eigenvalue weighted by Gasteiger charge is -2.14. The molecule has 1 atom stereocenters. The third-order valence-electron chi connectivity index (χ3n) is 5.98. The first-order valence-corrected chi connectivity index (χ1v) is 11.0. The summed E-state index contributed by atoms with van der Waals surface area (Å²) in [6, 6.07) is 14.7. The fraction of sp³-hybridized carbons (Fsp3) is 0.192. The van der Waals surface area contributed by atoms with Crippen molar-refractivity contribution < 1.29 is 23.8 Å². The highest BCUT2D eigenvalue weighted by atomic mass is 19.1. The Labute approximate surface area is 195 Å². The Balaban J connectivity index is 1.30. The SMILES string of the molecule is O=C1Nc2ccc(F)cc2/C1=C1\OCc2cc(CCNC(Cc3ccccn3)C(=O)O)ccc21. The van der Waals surface area contributed by atoms with Gasteiger partial charge in [-0.2, -0.15) is 0 Å². The first kappa shape index (κ1) is 21.8. The number of hydrogen-bond acceptors (Lipinski definition) is 5. The summed E-state index contributed by atoms with van der Waals surface area (Å²) in [6.45, 7) is 0.789. The Morgan fingerprint density at radius 2 is 2.06 bits per heavy atom. The van der Waals surface area contributed by atoms with E-state index in [0.29, 0.717) is 48.6 Å². The van der Waals surface area contributed by atoms with Crippen molar-refractivity contribution in [2.24, 2.45) is 0 Å². The molecule has 1 amide bonds. The molecule has 3 N–H and O–H groups in total. The molecule has 0 bridgehead atoms. The molecule has 1 aromatic heterocycles. The number of rotatable bonds is 7. The summed E-state index contributed by atoms with van der Waals surface area (Å²) in [6.07, 6.45) is 2.57. The van der Waals surface area contributed by atoms with Gasteiger partial charge in [-0.25, -0.2) is 4.39 Å². The topological polar surface area (TPSA) is 101 Å². The number of nitrogens with zero attached hydrogens (tertiary/aromatic N) is 1. The molecule has 5 rings (SSSR count). The van der Waals surface area contributed by atoms with Gasteiger partial charge in [0.2, 0.25) is 0 Å². The predicted molar refractivity (Wildman–Crippen MR) is 124 cm³/mol. The molecule has 172 valence electrons. The van der Waals surface area contributed by atoms with Crippen molar-refractivity contribution in [3.8, 4) is 0 Å². The van der Waals surface area contributed by atoms with Gasteiger partial charge in [-0.15, -0.1) is 0 Å². The van der Waals surface area contributed by atoms with Crippen LogP contribution in [0.5, 0.6) is 0 Å². The summed E-state index contributed by atoms with van der Waals surface area (Å²) in [7, 11) is 0. The molecule has 3 heterocycles. The number of nitrogens with one attached hydrogen (secondary N) is 2. The fourth-order valence-electron chi connectivity index (χ4n) is 4.31. The third-order valence-corrected chi connectivity index (χ3v) is 5.98. The summed E-state index contributed by atoms with van der Waals surface area (Å²) >= 11 is 0. The Hall–Kier alpha value is -4.04. The number of hydrogen-bond donors (Lipinski definition) is 3. The van der Waals surface area contributed by atoms with Crippen molar-refractivity contribution in [1.82, 2.24) is 10.3 Å². The molecular formula is C26H22FN3O4. The summed E-state index contributed by atoms with van der Waals surface area (Å²) in [4.78, 5) is 28.4. The normalized spacial score (nSPS) is 17.0. The Bertz CT molecular complexity index is 1310. The zero-order valence-corrected chi connectivity index (χ0v) is 18.2. The Morgan fingerprint density at radius 1 is 1.18 bits per heavy atom. The van der Waals surface area contributed by atoms with Crippen LogP contribution in [0.3, 0.4) is 0 Å². The van der Waals surface area contributed by atoms with Crippen LogP contribution in [0.4, 0.5) is 10.1 Å². The number of fused-ring (bicyclic) bond motifs is 2. The van der Waals surface area contributed by atoms with Crippen LogP contribution in [0.15, 0.2) is 60.8 Å². The van der Waals surface area contributed by atoms with Gasteiger partial charge in [0.05, 0.1) is 5.57 Å².